The van der Waals surface area contributed by atoms with E-state index in [1.807, 2.05) is 24.3 Å². The second kappa shape index (κ2) is 8.18. The van der Waals surface area contributed by atoms with Crippen molar-refractivity contribution in [3.8, 4) is 0 Å². The number of halogens is 2. The van der Waals surface area contributed by atoms with Gasteiger partial charge in [0.05, 0.1) is 6.42 Å². The Morgan fingerprint density at radius 2 is 2.00 bits per heavy atom. The summed E-state index contributed by atoms with van der Waals surface area (Å²) in [5, 5.41) is 4.16. The zero-order chi connectivity index (χ0) is 14.4. The molecule has 1 N–H and O–H groups in total. The van der Waals surface area contributed by atoms with Gasteiger partial charge in [-0.3, -0.25) is 4.79 Å². The van der Waals surface area contributed by atoms with Crippen LogP contribution in [-0.4, -0.2) is 17.8 Å². The van der Waals surface area contributed by atoms with Gasteiger partial charge in [0.15, 0.2) is 0 Å². The minimum Gasteiger partial charge on any atom is -0.356 e. The third-order valence-corrected chi connectivity index (χ3v) is 5.40. The number of nitrogens with one attached hydrogen (secondary N) is 1. The fourth-order valence-electron chi connectivity index (χ4n) is 2.90. The number of carbonyl (C=O) groups is 1. The Labute approximate surface area is 138 Å². The van der Waals surface area contributed by atoms with Crippen molar-refractivity contribution in [2.75, 3.05) is 11.9 Å². The number of amides is 1. The van der Waals surface area contributed by atoms with Crippen LogP contribution in [0.1, 0.15) is 31.2 Å². The molecule has 0 aromatic heterocycles. The molecular weight excluding hydrogens is 382 g/mol. The molecule has 1 fully saturated rings. The first kappa shape index (κ1) is 16.0. The van der Waals surface area contributed by atoms with Gasteiger partial charge in [0.25, 0.3) is 0 Å². The highest BCUT2D eigenvalue weighted by Gasteiger charge is 2.24. The Balaban J connectivity index is 1.79. The van der Waals surface area contributed by atoms with E-state index in [1.165, 1.54) is 25.7 Å². The van der Waals surface area contributed by atoms with Crippen molar-refractivity contribution in [1.29, 1.82) is 0 Å². The van der Waals surface area contributed by atoms with Gasteiger partial charge in [-0.2, -0.15) is 0 Å². The number of rotatable bonds is 5. The molecule has 1 amide bonds. The number of alkyl halides is 1. The number of hydrogen-bond donors (Lipinski definition) is 1. The van der Waals surface area contributed by atoms with E-state index < -0.39 is 0 Å². The molecule has 1 aromatic carbocycles. The maximum absolute atomic E-state index is 12.0. The van der Waals surface area contributed by atoms with Gasteiger partial charge in [0, 0.05) is 16.3 Å². The molecule has 0 heterocycles. The molecule has 0 radical (unpaired) electrons. The standard InChI is InChI=1S/C16H21Br2NO/c17-10-13-5-1-2-6-14(13)11-19-16(20)9-12-4-3-7-15(18)8-12/h3-4,7-8,13-14H,1-2,5-6,9-11H2,(H,19,20). The molecule has 1 aliphatic rings. The largest absolute Gasteiger partial charge is 0.356 e. The van der Waals surface area contributed by atoms with Crippen LogP contribution in [-0.2, 0) is 11.2 Å². The van der Waals surface area contributed by atoms with Crippen LogP contribution in [0.4, 0.5) is 0 Å². The summed E-state index contributed by atoms with van der Waals surface area (Å²) in [7, 11) is 0. The Hall–Kier alpha value is -0.350. The van der Waals surface area contributed by atoms with E-state index in [4.69, 9.17) is 0 Å². The van der Waals surface area contributed by atoms with Crippen molar-refractivity contribution in [3.05, 3.63) is 34.3 Å². The van der Waals surface area contributed by atoms with Gasteiger partial charge in [0.2, 0.25) is 5.91 Å². The highest BCUT2D eigenvalue weighted by Crippen LogP contribution is 2.30. The van der Waals surface area contributed by atoms with Gasteiger partial charge >= 0.3 is 0 Å². The maximum Gasteiger partial charge on any atom is 0.224 e. The van der Waals surface area contributed by atoms with Crippen molar-refractivity contribution in [3.63, 3.8) is 0 Å². The van der Waals surface area contributed by atoms with E-state index in [1.54, 1.807) is 0 Å². The fraction of sp³-hybridized carbons (Fsp3) is 0.562. The van der Waals surface area contributed by atoms with Gasteiger partial charge in [0.1, 0.15) is 0 Å². The number of benzene rings is 1. The molecule has 0 aliphatic heterocycles. The van der Waals surface area contributed by atoms with Gasteiger partial charge < -0.3 is 5.32 Å². The minimum atomic E-state index is 0.127. The molecule has 110 valence electrons. The Kier molecular flexibility index (Phi) is 6.56. The van der Waals surface area contributed by atoms with E-state index >= 15 is 0 Å². The SMILES string of the molecule is O=C(Cc1cccc(Br)c1)NCC1CCCCC1CBr. The predicted molar refractivity (Wildman–Crippen MR) is 90.1 cm³/mol. The van der Waals surface area contributed by atoms with Crippen LogP contribution in [0.25, 0.3) is 0 Å². The molecule has 0 saturated heterocycles. The maximum atomic E-state index is 12.0. The predicted octanol–water partition coefficient (Wildman–Crippen LogP) is 4.31. The molecule has 20 heavy (non-hydrogen) atoms. The first-order valence-corrected chi connectivity index (χ1v) is 9.17. The summed E-state index contributed by atoms with van der Waals surface area (Å²) in [4.78, 5) is 12.0. The molecule has 1 aromatic rings. The summed E-state index contributed by atoms with van der Waals surface area (Å²) >= 11 is 7.04. The lowest BCUT2D eigenvalue weighted by atomic mass is 9.80. The van der Waals surface area contributed by atoms with E-state index in [-0.39, 0.29) is 5.91 Å². The molecule has 2 atom stereocenters. The van der Waals surface area contributed by atoms with E-state index in [0.29, 0.717) is 12.3 Å². The van der Waals surface area contributed by atoms with Crippen LogP contribution >= 0.6 is 31.9 Å². The summed E-state index contributed by atoms with van der Waals surface area (Å²) in [6.07, 6.45) is 5.63. The summed E-state index contributed by atoms with van der Waals surface area (Å²) in [6.45, 7) is 0.823. The summed E-state index contributed by atoms with van der Waals surface area (Å²) in [5.41, 5.74) is 1.05. The molecule has 2 rings (SSSR count). The van der Waals surface area contributed by atoms with Crippen LogP contribution in [0.2, 0.25) is 0 Å². The zero-order valence-electron chi connectivity index (χ0n) is 11.6. The molecule has 2 nitrogen and oxygen atoms in total. The summed E-state index contributed by atoms with van der Waals surface area (Å²) in [5.74, 6) is 1.48. The fourth-order valence-corrected chi connectivity index (χ4v) is 4.20. The summed E-state index contributed by atoms with van der Waals surface area (Å²) in [6, 6.07) is 7.94. The lowest BCUT2D eigenvalue weighted by Crippen LogP contribution is -2.35. The summed E-state index contributed by atoms with van der Waals surface area (Å²) < 4.78 is 1.02. The Morgan fingerprint density at radius 3 is 2.70 bits per heavy atom. The molecule has 0 bridgehead atoms. The molecule has 1 saturated carbocycles. The normalized spacial score (nSPS) is 22.5. The Bertz CT molecular complexity index is 450. The van der Waals surface area contributed by atoms with Gasteiger partial charge in [-0.15, -0.1) is 0 Å². The third kappa shape index (κ3) is 4.88. The van der Waals surface area contributed by atoms with Gasteiger partial charge in [-0.25, -0.2) is 0 Å². The number of carbonyl (C=O) groups excluding carboxylic acids is 1. The molecule has 0 spiro atoms. The second-order valence-electron chi connectivity index (χ2n) is 5.57. The lowest BCUT2D eigenvalue weighted by Gasteiger charge is -2.30. The van der Waals surface area contributed by atoms with Gasteiger partial charge in [-0.1, -0.05) is 56.8 Å². The molecule has 2 unspecified atom stereocenters. The third-order valence-electron chi connectivity index (χ3n) is 4.08. The smallest absolute Gasteiger partial charge is 0.224 e. The van der Waals surface area contributed by atoms with Crippen LogP contribution in [0.15, 0.2) is 28.7 Å². The van der Waals surface area contributed by atoms with Crippen molar-refractivity contribution >= 4 is 37.8 Å². The Morgan fingerprint density at radius 1 is 1.25 bits per heavy atom. The highest BCUT2D eigenvalue weighted by atomic mass is 79.9. The van der Waals surface area contributed by atoms with E-state index in [2.05, 4.69) is 37.2 Å². The van der Waals surface area contributed by atoms with E-state index in [0.717, 1.165) is 27.8 Å². The first-order valence-electron chi connectivity index (χ1n) is 7.26. The van der Waals surface area contributed by atoms with Crippen molar-refractivity contribution in [2.24, 2.45) is 11.8 Å². The van der Waals surface area contributed by atoms with Crippen LogP contribution in [0, 0.1) is 11.8 Å². The van der Waals surface area contributed by atoms with Crippen molar-refractivity contribution < 1.29 is 4.79 Å². The minimum absolute atomic E-state index is 0.127. The zero-order valence-corrected chi connectivity index (χ0v) is 14.8. The lowest BCUT2D eigenvalue weighted by molar-refractivity contribution is -0.120. The van der Waals surface area contributed by atoms with Crippen LogP contribution in [0.3, 0.4) is 0 Å². The molecule has 4 heteroatoms. The number of hydrogen-bond acceptors (Lipinski definition) is 1. The van der Waals surface area contributed by atoms with Crippen molar-refractivity contribution in [2.45, 2.75) is 32.1 Å². The average molecular weight is 403 g/mol. The first-order chi connectivity index (χ1) is 9.69. The van der Waals surface area contributed by atoms with E-state index in [9.17, 15) is 4.79 Å². The van der Waals surface area contributed by atoms with Gasteiger partial charge in [-0.05, 0) is 42.4 Å². The monoisotopic (exact) mass is 401 g/mol. The van der Waals surface area contributed by atoms with Crippen LogP contribution in [0.5, 0.6) is 0 Å². The van der Waals surface area contributed by atoms with Crippen molar-refractivity contribution in [1.82, 2.24) is 5.32 Å². The highest BCUT2D eigenvalue weighted by molar-refractivity contribution is 9.10. The van der Waals surface area contributed by atoms with Crippen LogP contribution < -0.4 is 5.32 Å². The molecular formula is C16H21Br2NO. The second-order valence-corrected chi connectivity index (χ2v) is 7.13. The topological polar surface area (TPSA) is 29.1 Å². The quantitative estimate of drug-likeness (QED) is 0.730. The average Bonchev–Trinajstić information content (AvgIpc) is 2.45. The molecule has 1 aliphatic carbocycles.